The molecule has 2 aromatic rings. The van der Waals surface area contributed by atoms with Gasteiger partial charge in [-0.05, 0) is 22.9 Å². The normalized spacial score (nSPS) is 17.3. The van der Waals surface area contributed by atoms with E-state index in [1.165, 1.54) is 5.41 Å². The van der Waals surface area contributed by atoms with Crippen molar-refractivity contribution in [2.45, 2.75) is 4.90 Å². The van der Waals surface area contributed by atoms with E-state index in [9.17, 15) is 8.42 Å². The van der Waals surface area contributed by atoms with Crippen molar-refractivity contribution >= 4 is 20.6 Å². The molecule has 116 valence electrons. The third-order valence-electron chi connectivity index (χ3n) is 3.79. The zero-order valence-corrected chi connectivity index (χ0v) is 13.1. The molecule has 2 aromatic carbocycles. The average Bonchev–Trinajstić information content (AvgIpc) is 2.55. The van der Waals surface area contributed by atoms with Gasteiger partial charge in [0.25, 0.3) is 0 Å². The predicted octanol–water partition coefficient (Wildman–Crippen LogP) is 2.46. The molecule has 0 bridgehead atoms. The Kier molecular flexibility index (Phi) is 4.57. The molecular formula is C17H19NO3S. The van der Waals surface area contributed by atoms with Gasteiger partial charge in [-0.1, -0.05) is 36.4 Å². The van der Waals surface area contributed by atoms with Gasteiger partial charge in [0.05, 0.1) is 18.1 Å². The average molecular weight is 317 g/mol. The lowest BCUT2D eigenvalue weighted by molar-refractivity contribution is 0.0434. The van der Waals surface area contributed by atoms with Crippen molar-refractivity contribution in [2.75, 3.05) is 32.8 Å². The van der Waals surface area contributed by atoms with Gasteiger partial charge in [0.1, 0.15) is 0 Å². The second kappa shape index (κ2) is 6.60. The van der Waals surface area contributed by atoms with E-state index in [1.54, 1.807) is 18.2 Å². The van der Waals surface area contributed by atoms with Crippen molar-refractivity contribution in [1.29, 1.82) is 0 Å². The number of benzene rings is 2. The Bertz CT molecular complexity index is 777. The zero-order valence-electron chi connectivity index (χ0n) is 12.3. The van der Waals surface area contributed by atoms with Gasteiger partial charge in [0.2, 0.25) is 0 Å². The summed E-state index contributed by atoms with van der Waals surface area (Å²) in [5.74, 6) is 0. The lowest BCUT2D eigenvalue weighted by atomic mass is 10.1. The quantitative estimate of drug-likeness (QED) is 0.869. The molecule has 0 aliphatic carbocycles. The number of nitrogens with zero attached hydrogens (tertiary/aromatic N) is 1. The van der Waals surface area contributed by atoms with Crippen LogP contribution in [0, 0.1) is 0 Å². The lowest BCUT2D eigenvalue weighted by Crippen LogP contribution is -2.36. The van der Waals surface area contributed by atoms with E-state index in [0.29, 0.717) is 24.7 Å². The fourth-order valence-corrected chi connectivity index (χ4v) is 3.57. The molecule has 0 amide bonds. The first-order valence-corrected chi connectivity index (χ1v) is 8.90. The highest BCUT2D eigenvalue weighted by atomic mass is 32.2. The summed E-state index contributed by atoms with van der Waals surface area (Å²) in [6, 6.07) is 13.0. The Morgan fingerprint density at radius 3 is 2.55 bits per heavy atom. The van der Waals surface area contributed by atoms with E-state index >= 15 is 0 Å². The van der Waals surface area contributed by atoms with Crippen LogP contribution in [0.1, 0.15) is 0 Å². The SMILES string of the molecule is O=S(=O)(/C=C/CN1CCOCC1)c1ccc2ccccc2c1. The first-order valence-electron chi connectivity index (χ1n) is 7.36. The lowest BCUT2D eigenvalue weighted by Gasteiger charge is -2.25. The van der Waals surface area contributed by atoms with Gasteiger partial charge in [-0.2, -0.15) is 0 Å². The standard InChI is InChI=1S/C17H19NO3S/c19-22(20,13-3-8-18-9-11-21-12-10-18)17-7-6-15-4-1-2-5-16(15)14-17/h1-7,13-14H,8-12H2/b13-3+. The number of hydrogen-bond acceptors (Lipinski definition) is 4. The minimum absolute atomic E-state index is 0.337. The minimum atomic E-state index is -3.39. The summed E-state index contributed by atoms with van der Waals surface area (Å²) < 4.78 is 30.0. The maximum absolute atomic E-state index is 12.4. The fraction of sp³-hybridized carbons (Fsp3) is 0.294. The smallest absolute Gasteiger partial charge is 0.199 e. The Labute approximate surface area is 130 Å². The third-order valence-corrected chi connectivity index (χ3v) is 5.25. The van der Waals surface area contributed by atoms with E-state index in [4.69, 9.17) is 4.74 Å². The molecule has 0 saturated carbocycles. The molecule has 1 heterocycles. The van der Waals surface area contributed by atoms with Crippen LogP contribution in [0.3, 0.4) is 0 Å². The van der Waals surface area contributed by atoms with E-state index in [1.807, 2.05) is 30.3 Å². The molecule has 22 heavy (non-hydrogen) atoms. The van der Waals surface area contributed by atoms with Gasteiger partial charge >= 0.3 is 0 Å². The summed E-state index contributed by atoms with van der Waals surface area (Å²) in [4.78, 5) is 2.51. The maximum atomic E-state index is 12.4. The molecule has 0 N–H and O–H groups in total. The van der Waals surface area contributed by atoms with Crippen LogP contribution in [-0.2, 0) is 14.6 Å². The number of rotatable bonds is 4. The second-order valence-corrected chi connectivity index (χ2v) is 7.17. The van der Waals surface area contributed by atoms with Crippen molar-refractivity contribution in [3.63, 3.8) is 0 Å². The molecule has 1 aliphatic heterocycles. The first kappa shape index (κ1) is 15.2. The van der Waals surface area contributed by atoms with Gasteiger partial charge in [0.15, 0.2) is 9.84 Å². The molecule has 1 aliphatic rings. The van der Waals surface area contributed by atoms with Crippen LogP contribution in [0.15, 0.2) is 58.8 Å². The zero-order chi connectivity index (χ0) is 15.4. The highest BCUT2D eigenvalue weighted by Gasteiger charge is 2.12. The highest BCUT2D eigenvalue weighted by Crippen LogP contribution is 2.20. The number of morpholine rings is 1. The Morgan fingerprint density at radius 2 is 1.77 bits per heavy atom. The molecule has 0 spiro atoms. The summed E-state index contributed by atoms with van der Waals surface area (Å²) in [5.41, 5.74) is 0. The largest absolute Gasteiger partial charge is 0.379 e. The van der Waals surface area contributed by atoms with Gasteiger partial charge in [-0.15, -0.1) is 0 Å². The Balaban J connectivity index is 1.75. The Morgan fingerprint density at radius 1 is 1.05 bits per heavy atom. The molecule has 5 heteroatoms. The molecule has 0 atom stereocenters. The monoisotopic (exact) mass is 317 g/mol. The van der Waals surface area contributed by atoms with Gasteiger partial charge in [0, 0.05) is 25.0 Å². The van der Waals surface area contributed by atoms with Crippen molar-refractivity contribution in [3.8, 4) is 0 Å². The number of fused-ring (bicyclic) bond motifs is 1. The minimum Gasteiger partial charge on any atom is -0.379 e. The molecule has 4 nitrogen and oxygen atoms in total. The van der Waals surface area contributed by atoms with Gasteiger partial charge in [-0.25, -0.2) is 8.42 Å². The maximum Gasteiger partial charge on any atom is 0.199 e. The molecule has 1 fully saturated rings. The van der Waals surface area contributed by atoms with E-state index in [0.717, 1.165) is 23.9 Å². The van der Waals surface area contributed by atoms with Crippen molar-refractivity contribution in [2.24, 2.45) is 0 Å². The van der Waals surface area contributed by atoms with Gasteiger partial charge < -0.3 is 4.74 Å². The van der Waals surface area contributed by atoms with Crippen LogP contribution >= 0.6 is 0 Å². The Hall–Kier alpha value is -1.69. The van der Waals surface area contributed by atoms with Crippen LogP contribution in [0.4, 0.5) is 0 Å². The topological polar surface area (TPSA) is 46.6 Å². The van der Waals surface area contributed by atoms with Crippen LogP contribution in [0.2, 0.25) is 0 Å². The van der Waals surface area contributed by atoms with Crippen molar-refractivity contribution < 1.29 is 13.2 Å². The van der Waals surface area contributed by atoms with Crippen molar-refractivity contribution in [3.05, 3.63) is 53.9 Å². The summed E-state index contributed by atoms with van der Waals surface area (Å²) in [7, 11) is -3.39. The molecule has 0 unspecified atom stereocenters. The van der Waals surface area contributed by atoms with Crippen molar-refractivity contribution in [1.82, 2.24) is 4.90 Å². The molecule has 0 radical (unpaired) electrons. The van der Waals surface area contributed by atoms with Crippen LogP contribution in [0.25, 0.3) is 10.8 Å². The number of hydrogen-bond donors (Lipinski definition) is 0. The summed E-state index contributed by atoms with van der Waals surface area (Å²) >= 11 is 0. The summed E-state index contributed by atoms with van der Waals surface area (Å²) in [6.45, 7) is 3.76. The molecule has 1 saturated heterocycles. The first-order chi connectivity index (χ1) is 10.6. The summed E-state index contributed by atoms with van der Waals surface area (Å²) in [5, 5.41) is 3.29. The summed E-state index contributed by atoms with van der Waals surface area (Å²) in [6.07, 6.45) is 1.72. The fourth-order valence-electron chi connectivity index (χ4n) is 2.53. The second-order valence-electron chi connectivity index (χ2n) is 5.34. The van der Waals surface area contributed by atoms with E-state index < -0.39 is 9.84 Å². The third kappa shape index (κ3) is 3.55. The van der Waals surface area contributed by atoms with E-state index in [-0.39, 0.29) is 0 Å². The van der Waals surface area contributed by atoms with Crippen LogP contribution < -0.4 is 0 Å². The molecular weight excluding hydrogens is 298 g/mol. The molecule has 0 aromatic heterocycles. The number of ether oxygens (including phenoxy) is 1. The van der Waals surface area contributed by atoms with Crippen LogP contribution in [0.5, 0.6) is 0 Å². The highest BCUT2D eigenvalue weighted by molar-refractivity contribution is 7.94. The predicted molar refractivity (Wildman–Crippen MR) is 87.5 cm³/mol. The molecule has 3 rings (SSSR count). The number of sulfone groups is 1. The van der Waals surface area contributed by atoms with Gasteiger partial charge in [-0.3, -0.25) is 4.90 Å². The van der Waals surface area contributed by atoms with Crippen LogP contribution in [-0.4, -0.2) is 46.2 Å². The van der Waals surface area contributed by atoms with E-state index in [2.05, 4.69) is 4.90 Å².